The molecule has 0 bridgehead atoms. The molecule has 0 nitrogen and oxygen atoms in total. The summed E-state index contributed by atoms with van der Waals surface area (Å²) >= 11 is 2.40. The molecular formula is C3H3IS2. The molecule has 1 heterocycles. The maximum atomic E-state index is 2.40. The minimum absolute atomic E-state index is 0.478. The molecule has 0 saturated carbocycles. The minimum Gasteiger partial charge on any atom is -0.0618 e. The summed E-state index contributed by atoms with van der Waals surface area (Å²) in [6.07, 6.45) is 2.10. The van der Waals surface area contributed by atoms with Crippen LogP contribution in [0.5, 0.6) is 0 Å². The first-order chi connectivity index (χ1) is 2.89. The van der Waals surface area contributed by atoms with Crippen molar-refractivity contribution in [3.05, 3.63) is 11.5 Å². The van der Waals surface area contributed by atoms with Gasteiger partial charge in [0, 0.05) is 21.2 Å². The predicted octanol–water partition coefficient (Wildman–Crippen LogP) is 2.58. The Bertz CT molecular complexity index is 105. The van der Waals surface area contributed by atoms with Crippen molar-refractivity contribution in [1.29, 1.82) is 0 Å². The molecule has 0 aliphatic carbocycles. The second kappa shape index (κ2) is 2.37. The van der Waals surface area contributed by atoms with Crippen molar-refractivity contribution < 1.29 is 0 Å². The molecule has 0 fully saturated rings. The van der Waals surface area contributed by atoms with Gasteiger partial charge in [-0.1, -0.05) is 17.5 Å². The zero-order valence-corrected chi connectivity index (χ0v) is 6.72. The molecular weight excluding hydrogens is 227 g/mol. The summed E-state index contributed by atoms with van der Waals surface area (Å²) in [5, 5.41) is 4.32. The Morgan fingerprint density at radius 3 is 2.67 bits per heavy atom. The Balaban J connectivity index is 2.61. The average Bonchev–Trinajstić information content (AvgIpc) is 1.86. The lowest BCUT2D eigenvalue weighted by Gasteiger charge is -1.78. The topological polar surface area (TPSA) is 0 Å². The SMILES string of the molecule is IS1=CC=CS1. The van der Waals surface area contributed by atoms with E-state index in [9.17, 15) is 0 Å². The lowest BCUT2D eigenvalue weighted by atomic mass is 10.8. The van der Waals surface area contributed by atoms with Crippen molar-refractivity contribution in [2.75, 3.05) is 0 Å². The summed E-state index contributed by atoms with van der Waals surface area (Å²) in [5.74, 6) is 0. The van der Waals surface area contributed by atoms with Crippen LogP contribution in [-0.4, -0.2) is 5.37 Å². The van der Waals surface area contributed by atoms with Gasteiger partial charge < -0.3 is 0 Å². The van der Waals surface area contributed by atoms with Crippen LogP contribution in [0.4, 0.5) is 0 Å². The van der Waals surface area contributed by atoms with E-state index in [1.54, 1.807) is 0 Å². The van der Waals surface area contributed by atoms with Crippen LogP contribution in [0.25, 0.3) is 0 Å². The molecule has 0 N–H and O–H groups in total. The third-order valence-electron chi connectivity index (χ3n) is 0.412. The molecule has 0 amide bonds. The summed E-state index contributed by atoms with van der Waals surface area (Å²) in [7, 11) is 1.88. The van der Waals surface area contributed by atoms with Crippen molar-refractivity contribution in [1.82, 2.24) is 0 Å². The molecule has 1 unspecified atom stereocenters. The minimum atomic E-state index is 0.478. The van der Waals surface area contributed by atoms with Gasteiger partial charge in [-0.05, 0) is 16.9 Å². The smallest absolute Gasteiger partial charge is 0.000849 e. The van der Waals surface area contributed by atoms with Crippen LogP contribution in [0.1, 0.15) is 0 Å². The largest absolute Gasteiger partial charge is 0.0618 e. The van der Waals surface area contributed by atoms with Gasteiger partial charge in [0.05, 0.1) is 0 Å². The fraction of sp³-hybridized carbons (Fsp3) is 0. The molecule has 1 aliphatic rings. The summed E-state index contributed by atoms with van der Waals surface area (Å²) in [6, 6.07) is 0. The Labute approximate surface area is 55.3 Å². The van der Waals surface area contributed by atoms with Crippen molar-refractivity contribution in [3.63, 3.8) is 0 Å². The van der Waals surface area contributed by atoms with Crippen molar-refractivity contribution in [3.8, 4) is 0 Å². The zero-order valence-electron chi connectivity index (χ0n) is 2.93. The molecule has 0 radical (unpaired) electrons. The van der Waals surface area contributed by atoms with E-state index in [4.69, 9.17) is 0 Å². The van der Waals surface area contributed by atoms with E-state index in [2.05, 4.69) is 38.1 Å². The summed E-state index contributed by atoms with van der Waals surface area (Å²) in [6.45, 7) is 0.478. The monoisotopic (exact) mass is 230 g/mol. The van der Waals surface area contributed by atoms with E-state index in [-0.39, 0.29) is 0 Å². The number of allylic oxidation sites excluding steroid dienone is 1. The average molecular weight is 230 g/mol. The molecule has 0 aromatic carbocycles. The summed E-state index contributed by atoms with van der Waals surface area (Å²) in [5.41, 5.74) is 0. The molecule has 1 atom stereocenters. The van der Waals surface area contributed by atoms with Crippen LogP contribution in [0.3, 0.4) is 0 Å². The highest BCUT2D eigenvalue weighted by Gasteiger charge is 1.87. The van der Waals surface area contributed by atoms with E-state index >= 15 is 0 Å². The van der Waals surface area contributed by atoms with Crippen LogP contribution in [0.2, 0.25) is 0 Å². The van der Waals surface area contributed by atoms with Gasteiger partial charge >= 0.3 is 0 Å². The summed E-state index contributed by atoms with van der Waals surface area (Å²) in [4.78, 5) is 0. The third kappa shape index (κ3) is 1.27. The molecule has 6 heavy (non-hydrogen) atoms. The molecule has 3 heteroatoms. The van der Waals surface area contributed by atoms with E-state index in [1.165, 1.54) is 0 Å². The van der Waals surface area contributed by atoms with Gasteiger partial charge in [0.15, 0.2) is 0 Å². The van der Waals surface area contributed by atoms with Crippen molar-refractivity contribution >= 4 is 44.1 Å². The first kappa shape index (κ1) is 5.18. The number of hydrogen-bond donors (Lipinski definition) is 0. The Kier molecular flexibility index (Phi) is 2.05. The van der Waals surface area contributed by atoms with Crippen molar-refractivity contribution in [2.45, 2.75) is 0 Å². The lowest BCUT2D eigenvalue weighted by Crippen LogP contribution is -1.40. The van der Waals surface area contributed by atoms with Gasteiger partial charge in [-0.15, -0.1) is 0 Å². The van der Waals surface area contributed by atoms with Crippen LogP contribution in [-0.2, 0) is 0 Å². The first-order valence-electron chi connectivity index (χ1n) is 1.46. The van der Waals surface area contributed by atoms with Crippen LogP contribution < -0.4 is 0 Å². The maximum absolute atomic E-state index is 2.40. The van der Waals surface area contributed by atoms with Gasteiger partial charge in [-0.3, -0.25) is 0 Å². The quantitative estimate of drug-likeness (QED) is 0.350. The number of rotatable bonds is 0. The maximum Gasteiger partial charge on any atom is 0.000849 e. The standard InChI is InChI=1S/C3H3IS2/c4-6-3-1-2-5-6/h1-3H. The van der Waals surface area contributed by atoms with E-state index in [0.717, 1.165) is 0 Å². The van der Waals surface area contributed by atoms with Crippen LogP contribution >= 0.6 is 38.7 Å². The molecule has 0 aromatic heterocycles. The zero-order chi connectivity index (χ0) is 4.41. The van der Waals surface area contributed by atoms with Gasteiger partial charge in [-0.2, -0.15) is 0 Å². The normalized spacial score (nSPS) is 30.5. The highest BCUT2D eigenvalue weighted by atomic mass is 127. The fourth-order valence-electron chi connectivity index (χ4n) is 0.211. The van der Waals surface area contributed by atoms with Gasteiger partial charge in [0.2, 0.25) is 0 Å². The van der Waals surface area contributed by atoms with E-state index in [0.29, 0.717) is 6.69 Å². The fourth-order valence-corrected chi connectivity index (χ4v) is 3.31. The van der Waals surface area contributed by atoms with Crippen LogP contribution in [0, 0.1) is 0 Å². The lowest BCUT2D eigenvalue weighted by molar-refractivity contribution is 2.50. The van der Waals surface area contributed by atoms with Crippen LogP contribution in [0.15, 0.2) is 11.5 Å². The molecule has 0 spiro atoms. The number of halogens is 1. The Morgan fingerprint density at radius 2 is 2.50 bits per heavy atom. The molecule has 34 valence electrons. The van der Waals surface area contributed by atoms with E-state index in [1.807, 2.05) is 10.8 Å². The van der Waals surface area contributed by atoms with Gasteiger partial charge in [-0.25, -0.2) is 0 Å². The van der Waals surface area contributed by atoms with Gasteiger partial charge in [0.1, 0.15) is 0 Å². The molecule has 0 saturated heterocycles. The van der Waals surface area contributed by atoms with Gasteiger partial charge in [0.25, 0.3) is 0 Å². The van der Waals surface area contributed by atoms with E-state index < -0.39 is 0 Å². The number of hydrogen-bond acceptors (Lipinski definition) is 1. The Morgan fingerprint density at radius 1 is 1.67 bits per heavy atom. The first-order valence-corrected chi connectivity index (χ1v) is 6.69. The van der Waals surface area contributed by atoms with Crippen molar-refractivity contribution in [2.24, 2.45) is 0 Å². The predicted molar refractivity (Wildman–Crippen MR) is 44.4 cm³/mol. The second-order valence-electron chi connectivity index (χ2n) is 0.809. The Hall–Kier alpha value is 1.04. The summed E-state index contributed by atoms with van der Waals surface area (Å²) < 4.78 is 0. The highest BCUT2D eigenvalue weighted by Crippen LogP contribution is 2.41. The highest BCUT2D eigenvalue weighted by molar-refractivity contribution is 14.2. The molecule has 1 aliphatic heterocycles. The molecule has 0 aromatic rings. The third-order valence-corrected chi connectivity index (χ3v) is 5.20. The molecule has 1 rings (SSSR count). The second-order valence-corrected chi connectivity index (χ2v) is 8.34.